The van der Waals surface area contributed by atoms with Crippen molar-refractivity contribution in [1.29, 1.82) is 0 Å². The Labute approximate surface area is 145 Å². The van der Waals surface area contributed by atoms with Crippen LogP contribution in [0.15, 0.2) is 36.5 Å². The lowest BCUT2D eigenvalue weighted by molar-refractivity contribution is 0.0904. The molecule has 0 radical (unpaired) electrons. The molecule has 0 unspecified atom stereocenters. The van der Waals surface area contributed by atoms with E-state index in [1.54, 1.807) is 12.3 Å². The molecule has 0 saturated carbocycles. The SMILES string of the molecule is O=C(NC1CCN(Cc2ccc(Cl)cc2)CC1)c1cc(Cl)c[nH]1. The second-order valence-corrected chi connectivity index (χ2v) is 6.75. The van der Waals surface area contributed by atoms with Crippen LogP contribution in [0, 0.1) is 0 Å². The molecule has 2 N–H and O–H groups in total. The molecule has 1 saturated heterocycles. The van der Waals surface area contributed by atoms with Gasteiger partial charge in [0.2, 0.25) is 0 Å². The van der Waals surface area contributed by atoms with Gasteiger partial charge in [-0.3, -0.25) is 9.69 Å². The Kier molecular flexibility index (Phi) is 5.26. The number of hydrogen-bond donors (Lipinski definition) is 2. The van der Waals surface area contributed by atoms with Crippen LogP contribution in [0.3, 0.4) is 0 Å². The third-order valence-corrected chi connectivity index (χ3v) is 4.60. The number of rotatable bonds is 4. The minimum Gasteiger partial charge on any atom is -0.356 e. The largest absolute Gasteiger partial charge is 0.356 e. The smallest absolute Gasteiger partial charge is 0.267 e. The predicted octanol–water partition coefficient (Wildman–Crippen LogP) is 3.72. The van der Waals surface area contributed by atoms with Gasteiger partial charge in [0.15, 0.2) is 0 Å². The van der Waals surface area contributed by atoms with Crippen molar-refractivity contribution in [3.05, 3.63) is 57.8 Å². The van der Waals surface area contributed by atoms with Crippen molar-refractivity contribution in [2.75, 3.05) is 13.1 Å². The van der Waals surface area contributed by atoms with Crippen LogP contribution in [0.5, 0.6) is 0 Å². The summed E-state index contributed by atoms with van der Waals surface area (Å²) in [5, 5.41) is 4.38. The Hall–Kier alpha value is -1.49. The third-order valence-electron chi connectivity index (χ3n) is 4.13. The lowest BCUT2D eigenvalue weighted by atomic mass is 10.0. The van der Waals surface area contributed by atoms with Crippen molar-refractivity contribution in [1.82, 2.24) is 15.2 Å². The number of H-pyrrole nitrogens is 1. The highest BCUT2D eigenvalue weighted by Gasteiger charge is 2.21. The monoisotopic (exact) mass is 351 g/mol. The molecule has 2 aromatic rings. The van der Waals surface area contributed by atoms with Gasteiger partial charge < -0.3 is 10.3 Å². The number of benzene rings is 1. The average Bonchev–Trinajstić information content (AvgIpc) is 2.98. The van der Waals surface area contributed by atoms with E-state index in [9.17, 15) is 4.79 Å². The molecule has 1 aromatic heterocycles. The second-order valence-electron chi connectivity index (χ2n) is 5.88. The summed E-state index contributed by atoms with van der Waals surface area (Å²) in [4.78, 5) is 17.4. The summed E-state index contributed by atoms with van der Waals surface area (Å²) in [7, 11) is 0. The summed E-state index contributed by atoms with van der Waals surface area (Å²) in [5.41, 5.74) is 1.77. The number of piperidine rings is 1. The van der Waals surface area contributed by atoms with Crippen LogP contribution in [-0.2, 0) is 6.54 Å². The van der Waals surface area contributed by atoms with Gasteiger partial charge >= 0.3 is 0 Å². The molecule has 0 aliphatic carbocycles. The van der Waals surface area contributed by atoms with Gasteiger partial charge in [-0.05, 0) is 36.6 Å². The molecule has 0 atom stereocenters. The van der Waals surface area contributed by atoms with Gasteiger partial charge in [0.05, 0.1) is 5.02 Å². The fraction of sp³-hybridized carbons (Fsp3) is 0.353. The van der Waals surface area contributed by atoms with E-state index in [0.29, 0.717) is 10.7 Å². The van der Waals surface area contributed by atoms with E-state index < -0.39 is 0 Å². The molecule has 6 heteroatoms. The van der Waals surface area contributed by atoms with Gasteiger partial charge in [0.25, 0.3) is 5.91 Å². The Morgan fingerprint density at radius 2 is 1.87 bits per heavy atom. The maximum atomic E-state index is 12.1. The normalized spacial score (nSPS) is 16.4. The van der Waals surface area contributed by atoms with E-state index >= 15 is 0 Å². The van der Waals surface area contributed by atoms with Gasteiger partial charge in [0.1, 0.15) is 5.69 Å². The van der Waals surface area contributed by atoms with Crippen molar-refractivity contribution in [2.24, 2.45) is 0 Å². The summed E-state index contributed by atoms with van der Waals surface area (Å²) in [5.74, 6) is -0.0898. The van der Waals surface area contributed by atoms with E-state index in [0.717, 1.165) is 37.5 Å². The molecule has 0 bridgehead atoms. The summed E-state index contributed by atoms with van der Waals surface area (Å²) < 4.78 is 0. The Balaban J connectivity index is 1.46. The van der Waals surface area contributed by atoms with Crippen molar-refractivity contribution in [3.63, 3.8) is 0 Å². The van der Waals surface area contributed by atoms with E-state index in [1.165, 1.54) is 5.56 Å². The number of hydrogen-bond acceptors (Lipinski definition) is 2. The maximum absolute atomic E-state index is 12.1. The minimum atomic E-state index is -0.0898. The molecule has 0 spiro atoms. The second kappa shape index (κ2) is 7.39. The first-order chi connectivity index (χ1) is 11.1. The Morgan fingerprint density at radius 1 is 1.17 bits per heavy atom. The number of carbonyl (C=O) groups excluding carboxylic acids is 1. The number of halogens is 2. The number of likely N-dealkylation sites (tertiary alicyclic amines) is 1. The molecule has 23 heavy (non-hydrogen) atoms. The predicted molar refractivity (Wildman–Crippen MR) is 93.0 cm³/mol. The zero-order chi connectivity index (χ0) is 16.2. The van der Waals surface area contributed by atoms with Crippen LogP contribution in [0.1, 0.15) is 28.9 Å². The minimum absolute atomic E-state index is 0.0898. The van der Waals surface area contributed by atoms with Crippen molar-refractivity contribution >= 4 is 29.1 Å². The highest BCUT2D eigenvalue weighted by atomic mass is 35.5. The summed E-state index contributed by atoms with van der Waals surface area (Å²) in [6.45, 7) is 2.86. The van der Waals surface area contributed by atoms with Gasteiger partial charge in [-0.15, -0.1) is 0 Å². The molecule has 1 aliphatic heterocycles. The molecule has 1 aliphatic rings. The number of amides is 1. The third kappa shape index (κ3) is 4.50. The molecule has 1 amide bonds. The Morgan fingerprint density at radius 3 is 2.48 bits per heavy atom. The van der Waals surface area contributed by atoms with Crippen LogP contribution in [0.4, 0.5) is 0 Å². The standard InChI is InChI=1S/C17H19Cl2N3O/c18-13-3-1-12(2-4-13)11-22-7-5-15(6-8-22)21-17(23)16-9-14(19)10-20-16/h1-4,9-10,15,20H,5-8,11H2,(H,21,23). The van der Waals surface area contributed by atoms with Gasteiger partial charge in [-0.1, -0.05) is 35.3 Å². The highest BCUT2D eigenvalue weighted by molar-refractivity contribution is 6.31. The van der Waals surface area contributed by atoms with Crippen LogP contribution >= 0.6 is 23.2 Å². The molecule has 2 heterocycles. The quantitative estimate of drug-likeness (QED) is 0.881. The number of nitrogens with one attached hydrogen (secondary N) is 2. The van der Waals surface area contributed by atoms with Gasteiger partial charge in [-0.25, -0.2) is 0 Å². The van der Waals surface area contributed by atoms with Gasteiger partial charge in [-0.2, -0.15) is 0 Å². The average molecular weight is 352 g/mol. The molecular formula is C17H19Cl2N3O. The molecule has 3 rings (SSSR count). The molecule has 122 valence electrons. The number of aromatic nitrogens is 1. The van der Waals surface area contributed by atoms with E-state index in [2.05, 4.69) is 27.3 Å². The maximum Gasteiger partial charge on any atom is 0.267 e. The zero-order valence-electron chi connectivity index (χ0n) is 12.7. The van der Waals surface area contributed by atoms with E-state index in [4.69, 9.17) is 23.2 Å². The zero-order valence-corrected chi connectivity index (χ0v) is 14.2. The van der Waals surface area contributed by atoms with Crippen molar-refractivity contribution in [3.8, 4) is 0 Å². The summed E-state index contributed by atoms with van der Waals surface area (Å²) >= 11 is 11.7. The first kappa shape index (κ1) is 16.4. The van der Waals surface area contributed by atoms with Crippen LogP contribution in [-0.4, -0.2) is 34.9 Å². The summed E-state index contributed by atoms with van der Waals surface area (Å²) in [6, 6.07) is 9.82. The Bertz CT molecular complexity index is 661. The topological polar surface area (TPSA) is 48.1 Å². The molecule has 4 nitrogen and oxygen atoms in total. The van der Waals surface area contributed by atoms with E-state index in [-0.39, 0.29) is 11.9 Å². The van der Waals surface area contributed by atoms with Crippen molar-refractivity contribution < 1.29 is 4.79 Å². The first-order valence-corrected chi connectivity index (χ1v) is 8.47. The van der Waals surface area contributed by atoms with Crippen LogP contribution in [0.2, 0.25) is 10.0 Å². The lowest BCUT2D eigenvalue weighted by Gasteiger charge is -2.32. The molecular weight excluding hydrogens is 333 g/mol. The van der Waals surface area contributed by atoms with Gasteiger partial charge in [0, 0.05) is 36.9 Å². The van der Waals surface area contributed by atoms with E-state index in [1.807, 2.05) is 12.1 Å². The fourth-order valence-corrected chi connectivity index (χ4v) is 3.14. The number of carbonyl (C=O) groups is 1. The van der Waals surface area contributed by atoms with Crippen molar-refractivity contribution in [2.45, 2.75) is 25.4 Å². The highest BCUT2D eigenvalue weighted by Crippen LogP contribution is 2.16. The summed E-state index contributed by atoms with van der Waals surface area (Å²) in [6.07, 6.45) is 3.52. The fourth-order valence-electron chi connectivity index (χ4n) is 2.85. The van der Waals surface area contributed by atoms with Crippen LogP contribution in [0.25, 0.3) is 0 Å². The lowest BCUT2D eigenvalue weighted by Crippen LogP contribution is -2.44. The number of nitrogens with zero attached hydrogens (tertiary/aromatic N) is 1. The molecule has 1 aromatic carbocycles. The molecule has 1 fully saturated rings. The van der Waals surface area contributed by atoms with Crippen LogP contribution < -0.4 is 5.32 Å². The first-order valence-electron chi connectivity index (χ1n) is 7.72. The number of aromatic amines is 1.